The molecule has 0 aliphatic carbocycles. The zero-order valence-corrected chi connectivity index (χ0v) is 7.56. The summed E-state index contributed by atoms with van der Waals surface area (Å²) in [5, 5.41) is 7.32. The molecule has 0 atom stereocenters. The van der Waals surface area contributed by atoms with Crippen molar-refractivity contribution in [2.24, 2.45) is 0 Å². The summed E-state index contributed by atoms with van der Waals surface area (Å²) in [6, 6.07) is 1.75. The van der Waals surface area contributed by atoms with Crippen LogP contribution < -0.4 is 0 Å². The van der Waals surface area contributed by atoms with Gasteiger partial charge in [0, 0.05) is 6.92 Å². The average Bonchev–Trinajstić information content (AvgIpc) is 1.65. The number of rotatable bonds is 0. The first-order chi connectivity index (χ1) is 4.56. The number of carbonyl (C=O) groups excluding carboxylic acids is 1. The van der Waals surface area contributed by atoms with Crippen LogP contribution in [0.1, 0.15) is 41.0 Å². The zero-order chi connectivity index (χ0) is 8.99. The van der Waals surface area contributed by atoms with Crippen LogP contribution in [0.3, 0.4) is 0 Å². The Labute approximate surface area is 63.9 Å². The van der Waals surface area contributed by atoms with Gasteiger partial charge in [-0.05, 0) is 13.8 Å². The maximum atomic E-state index is 9.44. The molecule has 0 saturated heterocycles. The van der Waals surface area contributed by atoms with Crippen molar-refractivity contribution in [2.45, 2.75) is 41.0 Å². The van der Waals surface area contributed by atoms with E-state index in [0.717, 1.165) is 0 Å². The summed E-state index contributed by atoms with van der Waals surface area (Å²) in [6.45, 7) is 8.74. The van der Waals surface area contributed by atoms with E-state index in [1.54, 1.807) is 6.07 Å². The van der Waals surface area contributed by atoms with Gasteiger partial charge in [0.1, 0.15) is 5.78 Å². The lowest BCUT2D eigenvalue weighted by Gasteiger charge is -1.56. The third-order valence-corrected chi connectivity index (χ3v) is 0. The Morgan fingerprint density at radius 3 is 1.40 bits per heavy atom. The van der Waals surface area contributed by atoms with E-state index in [1.807, 2.05) is 0 Å². The first-order valence-electron chi connectivity index (χ1n) is 3.34. The van der Waals surface area contributed by atoms with E-state index in [2.05, 4.69) is 13.8 Å². The fourth-order valence-corrected chi connectivity index (χ4v) is 0. The molecule has 2 heteroatoms. The maximum Gasteiger partial charge on any atom is 0.126 e. The Bertz CT molecular complexity index is 87.9. The number of hydrogen-bond acceptors (Lipinski definition) is 2. The molecular formula is C8H17NO. The second-order valence-corrected chi connectivity index (χ2v) is 1.84. The second-order valence-electron chi connectivity index (χ2n) is 1.84. The smallest absolute Gasteiger partial charge is 0.126 e. The molecule has 0 radical (unpaired) electrons. The molecule has 0 saturated carbocycles. The highest BCUT2D eigenvalue weighted by atomic mass is 16.1. The van der Waals surface area contributed by atoms with Crippen molar-refractivity contribution in [3.8, 4) is 6.07 Å². The highest BCUT2D eigenvalue weighted by Crippen LogP contribution is 1.56. The topological polar surface area (TPSA) is 40.9 Å². The van der Waals surface area contributed by atoms with Crippen LogP contribution in [0.2, 0.25) is 0 Å². The van der Waals surface area contributed by atoms with Gasteiger partial charge in [-0.15, -0.1) is 0 Å². The SMILES string of the molecule is CC#N.CC(C)=O.CCC. The van der Waals surface area contributed by atoms with Crippen molar-refractivity contribution in [1.29, 1.82) is 5.26 Å². The number of Topliss-reactive ketones (excluding diaryl/α,β-unsaturated/α-hetero) is 1. The van der Waals surface area contributed by atoms with Gasteiger partial charge < -0.3 is 4.79 Å². The fourth-order valence-electron chi connectivity index (χ4n) is 0. The van der Waals surface area contributed by atoms with Gasteiger partial charge in [-0.2, -0.15) is 5.26 Å². The van der Waals surface area contributed by atoms with Crippen LogP contribution in [-0.4, -0.2) is 5.78 Å². The Morgan fingerprint density at radius 1 is 1.40 bits per heavy atom. The van der Waals surface area contributed by atoms with Gasteiger partial charge in [-0.3, -0.25) is 0 Å². The lowest BCUT2D eigenvalue weighted by Crippen LogP contribution is -1.69. The lowest BCUT2D eigenvalue weighted by atomic mass is 10.6. The summed E-state index contributed by atoms with van der Waals surface area (Å²) in [7, 11) is 0. The first-order valence-corrected chi connectivity index (χ1v) is 3.34. The molecule has 0 spiro atoms. The summed E-state index contributed by atoms with van der Waals surface area (Å²) in [5.74, 6) is 0.167. The Hall–Kier alpha value is -0.840. The Kier molecular flexibility index (Phi) is 38.9. The minimum Gasteiger partial charge on any atom is -0.300 e. The molecule has 0 unspecified atom stereocenters. The monoisotopic (exact) mass is 143 g/mol. The van der Waals surface area contributed by atoms with Crippen molar-refractivity contribution in [2.75, 3.05) is 0 Å². The van der Waals surface area contributed by atoms with Crippen LogP contribution in [0.25, 0.3) is 0 Å². The molecular weight excluding hydrogens is 126 g/mol. The van der Waals surface area contributed by atoms with Crippen molar-refractivity contribution >= 4 is 5.78 Å². The summed E-state index contributed by atoms with van der Waals surface area (Å²) in [6.07, 6.45) is 1.25. The lowest BCUT2D eigenvalue weighted by molar-refractivity contribution is -0.114. The number of carbonyl (C=O) groups is 1. The minimum atomic E-state index is 0.167. The van der Waals surface area contributed by atoms with E-state index < -0.39 is 0 Å². The molecule has 0 aromatic carbocycles. The van der Waals surface area contributed by atoms with Crippen LogP contribution in [0.4, 0.5) is 0 Å². The number of ketones is 1. The van der Waals surface area contributed by atoms with E-state index in [-0.39, 0.29) is 5.78 Å². The molecule has 10 heavy (non-hydrogen) atoms. The van der Waals surface area contributed by atoms with Crippen molar-refractivity contribution in [3.63, 3.8) is 0 Å². The molecule has 0 heterocycles. The highest BCUT2D eigenvalue weighted by Gasteiger charge is 1.62. The molecule has 0 aliphatic heterocycles. The van der Waals surface area contributed by atoms with E-state index in [0.29, 0.717) is 0 Å². The van der Waals surface area contributed by atoms with Gasteiger partial charge >= 0.3 is 0 Å². The van der Waals surface area contributed by atoms with Crippen LogP contribution in [0.5, 0.6) is 0 Å². The van der Waals surface area contributed by atoms with Crippen molar-refractivity contribution in [1.82, 2.24) is 0 Å². The van der Waals surface area contributed by atoms with Gasteiger partial charge in [0.25, 0.3) is 0 Å². The molecule has 0 aromatic heterocycles. The molecule has 0 fully saturated rings. The van der Waals surface area contributed by atoms with Crippen LogP contribution in [-0.2, 0) is 4.79 Å². The molecule has 0 rings (SSSR count). The van der Waals surface area contributed by atoms with E-state index >= 15 is 0 Å². The molecule has 0 aliphatic rings. The van der Waals surface area contributed by atoms with Crippen molar-refractivity contribution in [3.05, 3.63) is 0 Å². The molecule has 60 valence electrons. The predicted molar refractivity (Wildman–Crippen MR) is 43.6 cm³/mol. The molecule has 0 aromatic rings. The first kappa shape index (κ1) is 16.1. The van der Waals surface area contributed by atoms with Crippen LogP contribution >= 0.6 is 0 Å². The Morgan fingerprint density at radius 2 is 1.40 bits per heavy atom. The molecule has 0 bridgehead atoms. The maximum absolute atomic E-state index is 9.44. The number of nitrogens with zero attached hydrogens (tertiary/aromatic N) is 1. The minimum absolute atomic E-state index is 0.167. The summed E-state index contributed by atoms with van der Waals surface area (Å²) < 4.78 is 0. The van der Waals surface area contributed by atoms with E-state index in [4.69, 9.17) is 5.26 Å². The van der Waals surface area contributed by atoms with Gasteiger partial charge in [0.15, 0.2) is 0 Å². The van der Waals surface area contributed by atoms with E-state index in [9.17, 15) is 4.79 Å². The summed E-state index contributed by atoms with van der Waals surface area (Å²) in [5.41, 5.74) is 0. The summed E-state index contributed by atoms with van der Waals surface area (Å²) in [4.78, 5) is 9.44. The highest BCUT2D eigenvalue weighted by molar-refractivity contribution is 5.72. The predicted octanol–water partition coefficient (Wildman–Crippen LogP) is 2.54. The number of nitriles is 1. The third-order valence-electron chi connectivity index (χ3n) is 0. The molecule has 2 nitrogen and oxygen atoms in total. The summed E-state index contributed by atoms with van der Waals surface area (Å²) >= 11 is 0. The second kappa shape index (κ2) is 24.2. The third kappa shape index (κ3) is 385. The average molecular weight is 143 g/mol. The Balaban J connectivity index is -0.0000000750. The van der Waals surface area contributed by atoms with Gasteiger partial charge in [0.05, 0.1) is 6.07 Å². The van der Waals surface area contributed by atoms with E-state index in [1.165, 1.54) is 27.2 Å². The van der Waals surface area contributed by atoms with Crippen molar-refractivity contribution < 1.29 is 4.79 Å². The zero-order valence-electron chi connectivity index (χ0n) is 7.56. The molecule has 0 amide bonds. The van der Waals surface area contributed by atoms with Crippen LogP contribution in [0, 0.1) is 11.3 Å². The standard InChI is InChI=1S/C3H6O.C3H8.C2H3N/c1-3(2)4;1-3-2;1-2-3/h1-2H3;3H2,1-2H3;1H3. The van der Waals surface area contributed by atoms with Gasteiger partial charge in [0.2, 0.25) is 0 Å². The van der Waals surface area contributed by atoms with Crippen LogP contribution in [0.15, 0.2) is 0 Å². The normalized spacial score (nSPS) is 5.20. The largest absolute Gasteiger partial charge is 0.300 e. The quantitative estimate of drug-likeness (QED) is 0.523. The number of hydrogen-bond donors (Lipinski definition) is 0. The fraction of sp³-hybridized carbons (Fsp3) is 0.750. The van der Waals surface area contributed by atoms with Gasteiger partial charge in [-0.1, -0.05) is 20.3 Å². The molecule has 0 N–H and O–H groups in total. The van der Waals surface area contributed by atoms with Gasteiger partial charge in [-0.25, -0.2) is 0 Å².